The van der Waals surface area contributed by atoms with Crippen LogP contribution < -0.4 is 0 Å². The van der Waals surface area contributed by atoms with Crippen LogP contribution in [-0.4, -0.2) is 68.0 Å². The van der Waals surface area contributed by atoms with Gasteiger partial charge in [0.05, 0.1) is 12.2 Å². The number of rotatable bonds is 17. The molecule has 1 aromatic rings. The van der Waals surface area contributed by atoms with Crippen LogP contribution >= 0.6 is 11.8 Å². The van der Waals surface area contributed by atoms with Crippen molar-refractivity contribution in [3.63, 3.8) is 0 Å². The molecule has 0 saturated carbocycles. The lowest BCUT2D eigenvalue weighted by Gasteiger charge is -2.45. The molecular weight excluding hydrogens is 452 g/mol. The molecule has 194 valence electrons. The first kappa shape index (κ1) is 29.1. The van der Waals surface area contributed by atoms with E-state index < -0.39 is 18.3 Å². The molecule has 1 saturated heterocycles. The van der Waals surface area contributed by atoms with Crippen LogP contribution in [0.2, 0.25) is 0 Å². The molecule has 6 nitrogen and oxygen atoms in total. The Kier molecular flexibility index (Phi) is 14.8. The maximum atomic E-state index is 13.1. The molecule has 0 N–H and O–H groups in total. The van der Waals surface area contributed by atoms with Crippen molar-refractivity contribution < 1.29 is 28.5 Å². The Morgan fingerprint density at radius 3 is 2.09 bits per heavy atom. The van der Waals surface area contributed by atoms with Crippen molar-refractivity contribution in [1.82, 2.24) is 0 Å². The smallest absolute Gasteiger partial charge is 0.338 e. The van der Waals surface area contributed by atoms with Gasteiger partial charge in [0, 0.05) is 19.8 Å². The van der Waals surface area contributed by atoms with Crippen molar-refractivity contribution in [1.29, 1.82) is 0 Å². The minimum atomic E-state index is -0.619. The van der Waals surface area contributed by atoms with Gasteiger partial charge in [-0.05, 0) is 37.1 Å². The molecule has 1 heterocycles. The van der Waals surface area contributed by atoms with Gasteiger partial charge in [-0.25, -0.2) is 4.79 Å². The molecule has 1 fully saturated rings. The maximum absolute atomic E-state index is 13.1. The Morgan fingerprint density at radius 2 is 1.47 bits per heavy atom. The predicted octanol–water partition coefficient (Wildman–Crippen LogP) is 5.88. The summed E-state index contributed by atoms with van der Waals surface area (Å²) < 4.78 is 31.3. The van der Waals surface area contributed by atoms with Crippen LogP contribution in [0.4, 0.5) is 0 Å². The summed E-state index contributed by atoms with van der Waals surface area (Å²) in [7, 11) is 0. The number of hydrogen-bond acceptors (Lipinski definition) is 7. The van der Waals surface area contributed by atoms with Crippen LogP contribution in [0.15, 0.2) is 30.3 Å². The predicted molar refractivity (Wildman–Crippen MR) is 137 cm³/mol. The largest absolute Gasteiger partial charge is 0.453 e. The van der Waals surface area contributed by atoms with Crippen molar-refractivity contribution in [2.24, 2.45) is 0 Å². The SMILES string of the molecule is CCCCOCC1O[C@@H](SCC)[C@@H](OCCCC)C(OCCCC)[C@@H]1OC(=O)c1ccccc1. The molecule has 0 radical (unpaired) electrons. The topological polar surface area (TPSA) is 63.2 Å². The Labute approximate surface area is 210 Å². The summed E-state index contributed by atoms with van der Waals surface area (Å²) in [5.41, 5.74) is 0.300. The van der Waals surface area contributed by atoms with E-state index in [2.05, 4.69) is 27.7 Å². The number of unbranched alkanes of at least 4 members (excludes halogenated alkanes) is 3. The van der Waals surface area contributed by atoms with Crippen LogP contribution in [0, 0.1) is 0 Å². The van der Waals surface area contributed by atoms with Gasteiger partial charge in [0.15, 0.2) is 6.10 Å². The van der Waals surface area contributed by atoms with E-state index in [1.807, 2.05) is 18.2 Å². The highest BCUT2D eigenvalue weighted by Crippen LogP contribution is 2.34. The van der Waals surface area contributed by atoms with Gasteiger partial charge in [-0.15, -0.1) is 11.8 Å². The number of esters is 1. The van der Waals surface area contributed by atoms with Crippen molar-refractivity contribution in [2.75, 3.05) is 32.2 Å². The zero-order chi connectivity index (χ0) is 24.6. The van der Waals surface area contributed by atoms with E-state index in [-0.39, 0.29) is 17.5 Å². The number of hydrogen-bond donors (Lipinski definition) is 0. The molecule has 0 spiro atoms. The van der Waals surface area contributed by atoms with Crippen LogP contribution in [0.3, 0.4) is 0 Å². The molecule has 1 aliphatic rings. The fraction of sp³-hybridized carbons (Fsp3) is 0.741. The third-order valence-electron chi connectivity index (χ3n) is 5.72. The number of carbonyl (C=O) groups is 1. The fourth-order valence-electron chi connectivity index (χ4n) is 3.76. The van der Waals surface area contributed by atoms with Gasteiger partial charge >= 0.3 is 5.97 Å². The third-order valence-corrected chi connectivity index (χ3v) is 6.76. The fourth-order valence-corrected chi connectivity index (χ4v) is 4.73. The van der Waals surface area contributed by atoms with Crippen molar-refractivity contribution in [3.8, 4) is 0 Å². The van der Waals surface area contributed by atoms with E-state index >= 15 is 0 Å². The quantitative estimate of drug-likeness (QED) is 0.197. The lowest BCUT2D eigenvalue weighted by atomic mass is 9.99. The summed E-state index contributed by atoms with van der Waals surface area (Å²) in [5.74, 6) is 0.503. The van der Waals surface area contributed by atoms with Gasteiger partial charge in [0.2, 0.25) is 0 Å². The number of ether oxygens (including phenoxy) is 5. The second kappa shape index (κ2) is 17.3. The Bertz CT molecular complexity index is 658. The number of thioether (sulfide) groups is 1. The average molecular weight is 497 g/mol. The molecule has 34 heavy (non-hydrogen) atoms. The zero-order valence-electron chi connectivity index (χ0n) is 21.4. The second-order valence-electron chi connectivity index (χ2n) is 8.54. The summed E-state index contributed by atoms with van der Waals surface area (Å²) >= 11 is 1.70. The Hall–Kier alpha value is -1.12. The van der Waals surface area contributed by atoms with Gasteiger partial charge in [0.25, 0.3) is 0 Å². The lowest BCUT2D eigenvalue weighted by Crippen LogP contribution is -2.61. The first-order chi connectivity index (χ1) is 16.7. The first-order valence-corrected chi connectivity index (χ1v) is 14.0. The van der Waals surface area contributed by atoms with Gasteiger partial charge in [0.1, 0.15) is 23.7 Å². The molecule has 0 amide bonds. The van der Waals surface area contributed by atoms with E-state index in [4.69, 9.17) is 23.7 Å². The summed E-state index contributed by atoms with van der Waals surface area (Å²) in [4.78, 5) is 13.1. The Balaban J connectivity index is 2.30. The van der Waals surface area contributed by atoms with E-state index in [9.17, 15) is 4.79 Å². The van der Waals surface area contributed by atoms with E-state index in [1.54, 1.807) is 23.9 Å². The number of benzene rings is 1. The monoisotopic (exact) mass is 496 g/mol. The molecule has 1 aromatic carbocycles. The molecule has 0 aromatic heterocycles. The van der Waals surface area contributed by atoms with E-state index in [1.165, 1.54) is 0 Å². The van der Waals surface area contributed by atoms with Crippen LogP contribution in [0.5, 0.6) is 0 Å². The lowest BCUT2D eigenvalue weighted by molar-refractivity contribution is -0.235. The summed E-state index contributed by atoms with van der Waals surface area (Å²) in [6.07, 6.45) is 4.20. The van der Waals surface area contributed by atoms with Gasteiger partial charge < -0.3 is 23.7 Å². The van der Waals surface area contributed by atoms with Crippen molar-refractivity contribution in [3.05, 3.63) is 35.9 Å². The molecule has 5 atom stereocenters. The molecular formula is C27H44O6S. The zero-order valence-corrected chi connectivity index (χ0v) is 22.2. The maximum Gasteiger partial charge on any atom is 0.338 e. The first-order valence-electron chi connectivity index (χ1n) is 13.0. The Morgan fingerprint density at radius 1 is 0.853 bits per heavy atom. The summed E-state index contributed by atoms with van der Waals surface area (Å²) in [5, 5.41) is 0. The van der Waals surface area contributed by atoms with E-state index in [0.717, 1.165) is 44.3 Å². The van der Waals surface area contributed by atoms with Crippen LogP contribution in [0.25, 0.3) is 0 Å². The number of carbonyl (C=O) groups excluding carboxylic acids is 1. The van der Waals surface area contributed by atoms with Crippen molar-refractivity contribution in [2.45, 2.75) is 96.1 Å². The summed E-state index contributed by atoms with van der Waals surface area (Å²) in [6.45, 7) is 10.7. The highest BCUT2D eigenvalue weighted by atomic mass is 32.2. The second-order valence-corrected chi connectivity index (χ2v) is 9.92. The highest BCUT2D eigenvalue weighted by molar-refractivity contribution is 7.99. The molecule has 2 rings (SSSR count). The molecule has 7 heteroatoms. The summed E-state index contributed by atoms with van der Waals surface area (Å²) in [6, 6.07) is 9.07. The molecule has 2 unspecified atom stereocenters. The molecule has 0 aliphatic carbocycles. The van der Waals surface area contributed by atoms with Gasteiger partial charge in [-0.1, -0.05) is 65.2 Å². The van der Waals surface area contributed by atoms with Gasteiger partial charge in [-0.2, -0.15) is 0 Å². The molecule has 0 bridgehead atoms. The van der Waals surface area contributed by atoms with E-state index in [0.29, 0.717) is 32.0 Å². The van der Waals surface area contributed by atoms with Crippen LogP contribution in [0.1, 0.15) is 76.6 Å². The molecule has 1 aliphatic heterocycles. The average Bonchev–Trinajstić information content (AvgIpc) is 2.85. The third kappa shape index (κ3) is 9.50. The highest BCUT2D eigenvalue weighted by Gasteiger charge is 2.49. The standard InChI is InChI=1S/C27H44O6S/c1-5-9-17-29-20-22-23(33-26(28)21-15-13-12-14-16-21)24(30-18-10-6-2)25(31-19-11-7-3)27(32-22)34-8-4/h12-16,22-25,27H,5-11,17-20H2,1-4H3/t22?,23-,24?,25+,27+/m1/s1. The van der Waals surface area contributed by atoms with Crippen LogP contribution in [-0.2, 0) is 23.7 Å². The van der Waals surface area contributed by atoms with Crippen molar-refractivity contribution >= 4 is 17.7 Å². The minimum absolute atomic E-state index is 0.208. The minimum Gasteiger partial charge on any atom is -0.453 e. The van der Waals surface area contributed by atoms with Gasteiger partial charge in [-0.3, -0.25) is 0 Å². The normalized spacial score (nSPS) is 24.8.